The number of hydrogen-bond acceptors (Lipinski definition) is 3. The van der Waals surface area contributed by atoms with Crippen LogP contribution in [0.5, 0.6) is 0 Å². The fraction of sp³-hybridized carbons (Fsp3) is 0.875. The summed E-state index contributed by atoms with van der Waals surface area (Å²) in [5.41, 5.74) is -1.66. The van der Waals surface area contributed by atoms with E-state index in [1.807, 2.05) is 18.7 Å². The third-order valence-electron chi connectivity index (χ3n) is 5.07. The molecule has 0 aromatic carbocycles. The van der Waals surface area contributed by atoms with Gasteiger partial charge in [0.1, 0.15) is 0 Å². The van der Waals surface area contributed by atoms with Crippen molar-refractivity contribution in [1.82, 2.24) is 10.2 Å². The zero-order chi connectivity index (χ0) is 15.8. The lowest BCUT2D eigenvalue weighted by atomic mass is 9.84. The van der Waals surface area contributed by atoms with Gasteiger partial charge in [0.15, 0.2) is 0 Å². The highest BCUT2D eigenvalue weighted by molar-refractivity contribution is 5.82. The predicted octanol–water partition coefficient (Wildman–Crippen LogP) is 1.30. The molecular formula is C16H28N2O3. The van der Waals surface area contributed by atoms with Crippen molar-refractivity contribution in [3.05, 3.63) is 0 Å². The maximum atomic E-state index is 12.4. The smallest absolute Gasteiger partial charge is 0.225 e. The largest absolute Gasteiger partial charge is 0.388 e. The second-order valence-electron chi connectivity index (χ2n) is 7.55. The third-order valence-corrected chi connectivity index (χ3v) is 5.07. The quantitative estimate of drug-likeness (QED) is 0.821. The number of likely N-dealkylation sites (tertiary alicyclic amines) is 1. The first-order valence-electron chi connectivity index (χ1n) is 7.95. The van der Waals surface area contributed by atoms with Crippen LogP contribution in [0, 0.1) is 11.8 Å². The molecule has 2 N–H and O–H groups in total. The number of carbonyl (C=O) groups is 2. The molecule has 1 saturated carbocycles. The van der Waals surface area contributed by atoms with E-state index in [2.05, 4.69) is 5.32 Å². The van der Waals surface area contributed by atoms with Gasteiger partial charge in [-0.2, -0.15) is 0 Å². The molecule has 0 atom stereocenters. The van der Waals surface area contributed by atoms with Crippen molar-refractivity contribution in [1.29, 1.82) is 0 Å². The van der Waals surface area contributed by atoms with Crippen LogP contribution in [-0.2, 0) is 9.59 Å². The number of piperidine rings is 1. The van der Waals surface area contributed by atoms with Crippen LogP contribution in [0.1, 0.15) is 53.4 Å². The lowest BCUT2D eigenvalue weighted by molar-refractivity contribution is -0.138. The predicted molar refractivity (Wildman–Crippen MR) is 80.5 cm³/mol. The van der Waals surface area contributed by atoms with E-state index in [1.54, 1.807) is 13.8 Å². The van der Waals surface area contributed by atoms with Gasteiger partial charge in [-0.05, 0) is 53.4 Å². The van der Waals surface area contributed by atoms with Crippen molar-refractivity contribution < 1.29 is 14.7 Å². The van der Waals surface area contributed by atoms with E-state index in [-0.39, 0.29) is 23.7 Å². The Hall–Kier alpha value is -1.10. The minimum absolute atomic E-state index is 0.0133. The van der Waals surface area contributed by atoms with Crippen LogP contribution in [0.25, 0.3) is 0 Å². The number of hydrogen-bond donors (Lipinski definition) is 2. The number of carbonyl (C=O) groups excluding carboxylic acids is 2. The molecule has 1 aliphatic heterocycles. The minimum Gasteiger partial charge on any atom is -0.388 e. The Morgan fingerprint density at radius 2 is 1.52 bits per heavy atom. The van der Waals surface area contributed by atoms with Crippen molar-refractivity contribution >= 4 is 11.8 Å². The van der Waals surface area contributed by atoms with Crippen molar-refractivity contribution in [2.45, 2.75) is 64.5 Å². The first kappa shape index (κ1) is 16.3. The Bertz CT molecular complexity index is 414. The van der Waals surface area contributed by atoms with Gasteiger partial charge in [-0.15, -0.1) is 0 Å². The van der Waals surface area contributed by atoms with E-state index < -0.39 is 11.1 Å². The first-order chi connectivity index (χ1) is 9.62. The summed E-state index contributed by atoms with van der Waals surface area (Å²) in [5, 5.41) is 13.1. The van der Waals surface area contributed by atoms with E-state index in [4.69, 9.17) is 0 Å². The average Bonchev–Trinajstić information content (AvgIpc) is 3.20. The molecular weight excluding hydrogens is 268 g/mol. The summed E-state index contributed by atoms with van der Waals surface area (Å²) in [7, 11) is 0. The van der Waals surface area contributed by atoms with E-state index in [0.29, 0.717) is 25.9 Å². The fourth-order valence-electron chi connectivity index (χ4n) is 2.51. The molecule has 1 aliphatic carbocycles. The monoisotopic (exact) mass is 296 g/mol. The molecule has 1 saturated heterocycles. The van der Waals surface area contributed by atoms with Crippen LogP contribution in [-0.4, -0.2) is 46.1 Å². The molecule has 5 heteroatoms. The highest BCUT2D eigenvalue weighted by Gasteiger charge is 2.39. The molecule has 1 heterocycles. The molecule has 5 nitrogen and oxygen atoms in total. The zero-order valence-electron chi connectivity index (χ0n) is 13.6. The molecule has 0 bridgehead atoms. The summed E-state index contributed by atoms with van der Waals surface area (Å²) < 4.78 is 0. The lowest BCUT2D eigenvalue weighted by Crippen LogP contribution is -2.59. The van der Waals surface area contributed by atoms with Crippen LogP contribution in [0.3, 0.4) is 0 Å². The summed E-state index contributed by atoms with van der Waals surface area (Å²) in [5.74, 6) is 0.450. The number of nitrogens with zero attached hydrogens (tertiary/aromatic N) is 1. The number of nitrogens with one attached hydrogen (secondary N) is 1. The Kier molecular flexibility index (Phi) is 4.34. The topological polar surface area (TPSA) is 69.6 Å². The SMILES string of the molecule is CC(C)(O)C(C)(C)NC(=O)C1CCN(C(=O)C2CC2)CC1. The molecule has 0 radical (unpaired) electrons. The van der Waals surface area contributed by atoms with E-state index in [9.17, 15) is 14.7 Å². The number of rotatable bonds is 4. The van der Waals surface area contributed by atoms with Crippen molar-refractivity contribution in [2.75, 3.05) is 13.1 Å². The fourth-order valence-corrected chi connectivity index (χ4v) is 2.51. The molecule has 0 aromatic heterocycles. The normalized spacial score (nSPS) is 21.3. The maximum absolute atomic E-state index is 12.4. The van der Waals surface area contributed by atoms with Gasteiger partial charge < -0.3 is 15.3 Å². The van der Waals surface area contributed by atoms with Crippen molar-refractivity contribution in [3.63, 3.8) is 0 Å². The van der Waals surface area contributed by atoms with Gasteiger partial charge in [-0.1, -0.05) is 0 Å². The van der Waals surface area contributed by atoms with Crippen LogP contribution in [0.15, 0.2) is 0 Å². The second kappa shape index (κ2) is 5.59. The van der Waals surface area contributed by atoms with Crippen molar-refractivity contribution in [2.24, 2.45) is 11.8 Å². The minimum atomic E-state index is -0.981. The molecule has 0 spiro atoms. The summed E-state index contributed by atoms with van der Waals surface area (Å²) in [4.78, 5) is 26.3. The Labute approximate surface area is 127 Å². The highest BCUT2D eigenvalue weighted by atomic mass is 16.3. The van der Waals surface area contributed by atoms with Crippen LogP contribution >= 0.6 is 0 Å². The molecule has 2 rings (SSSR count). The van der Waals surface area contributed by atoms with E-state index in [1.165, 1.54) is 0 Å². The second-order valence-corrected chi connectivity index (χ2v) is 7.55. The number of aliphatic hydroxyl groups is 1. The standard InChI is InChI=1S/C16H28N2O3/c1-15(2,16(3,4)21)17-13(19)11-7-9-18(10-8-11)14(20)12-5-6-12/h11-12,21H,5-10H2,1-4H3,(H,17,19). The van der Waals surface area contributed by atoms with Gasteiger partial charge in [0.2, 0.25) is 11.8 Å². The van der Waals surface area contributed by atoms with Crippen LogP contribution in [0.2, 0.25) is 0 Å². The highest BCUT2D eigenvalue weighted by Crippen LogP contribution is 2.32. The van der Waals surface area contributed by atoms with Gasteiger partial charge in [0.05, 0.1) is 11.1 Å². The van der Waals surface area contributed by atoms with Gasteiger partial charge in [0, 0.05) is 24.9 Å². The molecule has 21 heavy (non-hydrogen) atoms. The Balaban J connectivity index is 1.84. The third kappa shape index (κ3) is 3.76. The first-order valence-corrected chi connectivity index (χ1v) is 7.95. The average molecular weight is 296 g/mol. The van der Waals surface area contributed by atoms with Crippen LogP contribution in [0.4, 0.5) is 0 Å². The molecule has 120 valence electrons. The summed E-state index contributed by atoms with van der Waals surface area (Å²) in [6.07, 6.45) is 3.48. The molecule has 0 unspecified atom stereocenters. The summed E-state index contributed by atoms with van der Waals surface area (Å²) >= 11 is 0. The van der Waals surface area contributed by atoms with E-state index >= 15 is 0 Å². The number of amides is 2. The lowest BCUT2D eigenvalue weighted by Gasteiger charge is -2.40. The van der Waals surface area contributed by atoms with Crippen LogP contribution < -0.4 is 5.32 Å². The maximum Gasteiger partial charge on any atom is 0.225 e. The van der Waals surface area contributed by atoms with Gasteiger partial charge in [-0.3, -0.25) is 9.59 Å². The van der Waals surface area contributed by atoms with Crippen molar-refractivity contribution in [3.8, 4) is 0 Å². The molecule has 2 amide bonds. The molecule has 2 aliphatic rings. The zero-order valence-corrected chi connectivity index (χ0v) is 13.6. The van der Waals surface area contributed by atoms with Gasteiger partial charge in [-0.25, -0.2) is 0 Å². The van der Waals surface area contributed by atoms with E-state index in [0.717, 1.165) is 12.8 Å². The Morgan fingerprint density at radius 1 is 1.00 bits per heavy atom. The summed E-state index contributed by atoms with van der Waals surface area (Å²) in [6.45, 7) is 8.41. The molecule has 0 aromatic rings. The Morgan fingerprint density at radius 3 is 1.95 bits per heavy atom. The van der Waals surface area contributed by atoms with Gasteiger partial charge >= 0.3 is 0 Å². The van der Waals surface area contributed by atoms with Gasteiger partial charge in [0.25, 0.3) is 0 Å². The summed E-state index contributed by atoms with van der Waals surface area (Å²) in [6, 6.07) is 0. The molecule has 2 fully saturated rings.